The number of rotatable bonds is 5. The maximum atomic E-state index is 14.0. The second-order valence-electron chi connectivity index (χ2n) is 5.72. The lowest BCUT2D eigenvalue weighted by atomic mass is 9.75. The summed E-state index contributed by atoms with van der Waals surface area (Å²) in [5.41, 5.74) is -2.52. The first-order valence-electron chi connectivity index (χ1n) is 7.03. The molecule has 0 spiro atoms. The molecule has 7 heteroatoms. The molecule has 4 nitrogen and oxygen atoms in total. The molecule has 1 aromatic rings. The molecule has 0 heterocycles. The fourth-order valence-electron chi connectivity index (χ4n) is 2.19. The second kappa shape index (κ2) is 5.79. The van der Waals surface area contributed by atoms with E-state index in [1.807, 2.05) is 5.32 Å². The van der Waals surface area contributed by atoms with E-state index in [1.54, 1.807) is 13.8 Å². The Hall–Kier alpha value is -1.76. The number of nitrogens with one attached hydrogen (secondary N) is 1. The lowest BCUT2D eigenvalue weighted by molar-refractivity contribution is -0.212. The average molecular weight is 317 g/mol. The Morgan fingerprint density at radius 1 is 1.41 bits per heavy atom. The summed E-state index contributed by atoms with van der Waals surface area (Å²) in [6.07, 6.45) is -0.142. The van der Waals surface area contributed by atoms with Gasteiger partial charge in [0, 0.05) is 6.07 Å². The van der Waals surface area contributed by atoms with Crippen molar-refractivity contribution in [1.82, 2.24) is 0 Å². The van der Waals surface area contributed by atoms with Crippen molar-refractivity contribution < 1.29 is 27.8 Å². The van der Waals surface area contributed by atoms with Crippen LogP contribution >= 0.6 is 0 Å². The normalized spacial score (nSPS) is 17.0. The molecule has 2 N–H and O–H groups in total. The fraction of sp³-hybridized carbons (Fsp3) is 0.533. The number of hydrogen-bond acceptors (Lipinski definition) is 3. The van der Waals surface area contributed by atoms with Crippen LogP contribution in [0.5, 0.6) is 5.75 Å². The number of anilines is 1. The Balaban J connectivity index is 2.22. The predicted octanol–water partition coefficient (Wildman–Crippen LogP) is 3.10. The van der Waals surface area contributed by atoms with Crippen LogP contribution in [0.15, 0.2) is 18.2 Å². The van der Waals surface area contributed by atoms with Crippen LogP contribution in [0.2, 0.25) is 0 Å². The standard InChI is InChI=1S/C15H18F3NO3/c1-9(2)22-12-5-4-10(16)8-11(12)19-13(20)15(17,18)14(21)6-3-7-14/h4-5,8-9,21H,3,6-7H2,1-2H3,(H,19,20). The average Bonchev–Trinajstić information content (AvgIpc) is 2.38. The van der Waals surface area contributed by atoms with Crippen molar-refractivity contribution in [2.75, 3.05) is 5.32 Å². The predicted molar refractivity (Wildman–Crippen MR) is 74.5 cm³/mol. The molecule has 0 saturated heterocycles. The Labute approximate surface area is 126 Å². The molecule has 0 bridgehead atoms. The van der Waals surface area contributed by atoms with Crippen molar-refractivity contribution in [3.05, 3.63) is 24.0 Å². The van der Waals surface area contributed by atoms with Gasteiger partial charge in [-0.25, -0.2) is 4.39 Å². The molecule has 1 fully saturated rings. The van der Waals surface area contributed by atoms with Crippen molar-refractivity contribution in [1.29, 1.82) is 0 Å². The maximum Gasteiger partial charge on any atom is 0.352 e. The van der Waals surface area contributed by atoms with Crippen LogP contribution in [-0.2, 0) is 4.79 Å². The smallest absolute Gasteiger partial charge is 0.352 e. The van der Waals surface area contributed by atoms with Crippen LogP contribution in [0.3, 0.4) is 0 Å². The molecule has 0 radical (unpaired) electrons. The Morgan fingerprint density at radius 3 is 2.55 bits per heavy atom. The molecule has 0 atom stereocenters. The van der Waals surface area contributed by atoms with E-state index in [2.05, 4.69) is 0 Å². The molecular weight excluding hydrogens is 299 g/mol. The molecule has 2 rings (SSSR count). The van der Waals surface area contributed by atoms with E-state index < -0.39 is 23.2 Å². The monoisotopic (exact) mass is 317 g/mol. The molecule has 1 saturated carbocycles. The van der Waals surface area contributed by atoms with Gasteiger partial charge in [0.2, 0.25) is 0 Å². The van der Waals surface area contributed by atoms with Crippen LogP contribution in [0, 0.1) is 5.82 Å². The summed E-state index contributed by atoms with van der Waals surface area (Å²) < 4.78 is 46.7. The minimum atomic E-state index is -3.95. The first-order valence-corrected chi connectivity index (χ1v) is 7.03. The topological polar surface area (TPSA) is 58.6 Å². The van der Waals surface area contributed by atoms with Crippen molar-refractivity contribution >= 4 is 11.6 Å². The van der Waals surface area contributed by atoms with E-state index in [1.165, 1.54) is 6.07 Å². The number of hydrogen-bond donors (Lipinski definition) is 2. The number of aliphatic hydroxyl groups is 1. The Morgan fingerprint density at radius 2 is 2.05 bits per heavy atom. The number of benzene rings is 1. The Bertz CT molecular complexity index is 571. The van der Waals surface area contributed by atoms with Gasteiger partial charge in [-0.2, -0.15) is 8.78 Å². The van der Waals surface area contributed by atoms with Gasteiger partial charge in [0.15, 0.2) is 0 Å². The van der Waals surface area contributed by atoms with Crippen molar-refractivity contribution in [2.45, 2.75) is 50.7 Å². The van der Waals surface area contributed by atoms with Gasteiger partial charge in [0.25, 0.3) is 5.91 Å². The van der Waals surface area contributed by atoms with E-state index >= 15 is 0 Å². The van der Waals surface area contributed by atoms with E-state index in [0.29, 0.717) is 6.42 Å². The maximum absolute atomic E-state index is 14.0. The SMILES string of the molecule is CC(C)Oc1ccc(F)cc1NC(=O)C(F)(F)C1(O)CCC1. The third-order valence-corrected chi connectivity index (χ3v) is 3.60. The molecule has 0 aromatic heterocycles. The van der Waals surface area contributed by atoms with E-state index in [0.717, 1.165) is 12.1 Å². The van der Waals surface area contributed by atoms with E-state index in [-0.39, 0.29) is 30.4 Å². The quantitative estimate of drug-likeness (QED) is 0.877. The number of carbonyl (C=O) groups is 1. The summed E-state index contributed by atoms with van der Waals surface area (Å²) in [5, 5.41) is 11.7. The third kappa shape index (κ3) is 3.04. The summed E-state index contributed by atoms with van der Waals surface area (Å²) >= 11 is 0. The first kappa shape index (κ1) is 16.6. The lowest BCUT2D eigenvalue weighted by Crippen LogP contribution is -2.59. The molecule has 1 amide bonds. The molecule has 122 valence electrons. The van der Waals surface area contributed by atoms with Crippen molar-refractivity contribution in [3.8, 4) is 5.75 Å². The first-order chi connectivity index (χ1) is 10.2. The summed E-state index contributed by atoms with van der Waals surface area (Å²) in [4.78, 5) is 11.8. The van der Waals surface area contributed by atoms with Crippen LogP contribution in [-0.4, -0.2) is 28.6 Å². The molecule has 0 unspecified atom stereocenters. The molecular formula is C15H18F3NO3. The fourth-order valence-corrected chi connectivity index (χ4v) is 2.19. The number of carbonyl (C=O) groups excluding carboxylic acids is 1. The van der Waals surface area contributed by atoms with Crippen LogP contribution < -0.4 is 10.1 Å². The van der Waals surface area contributed by atoms with Crippen LogP contribution in [0.25, 0.3) is 0 Å². The largest absolute Gasteiger partial charge is 0.489 e. The highest BCUT2D eigenvalue weighted by atomic mass is 19.3. The molecule has 0 aliphatic heterocycles. The highest BCUT2D eigenvalue weighted by Crippen LogP contribution is 2.45. The number of alkyl halides is 2. The van der Waals surface area contributed by atoms with Crippen molar-refractivity contribution in [2.24, 2.45) is 0 Å². The van der Waals surface area contributed by atoms with Crippen molar-refractivity contribution in [3.63, 3.8) is 0 Å². The molecule has 1 aliphatic rings. The molecule has 1 aliphatic carbocycles. The summed E-state index contributed by atoms with van der Waals surface area (Å²) in [7, 11) is 0. The van der Waals surface area contributed by atoms with Crippen LogP contribution in [0.4, 0.5) is 18.9 Å². The van der Waals surface area contributed by atoms with Gasteiger partial charge in [-0.1, -0.05) is 0 Å². The highest BCUT2D eigenvalue weighted by molar-refractivity contribution is 5.98. The van der Waals surface area contributed by atoms with Gasteiger partial charge >= 0.3 is 5.92 Å². The van der Waals surface area contributed by atoms with E-state index in [4.69, 9.17) is 4.74 Å². The zero-order valence-corrected chi connectivity index (χ0v) is 12.3. The Kier molecular flexibility index (Phi) is 4.37. The minimum absolute atomic E-state index is 0.0844. The highest BCUT2D eigenvalue weighted by Gasteiger charge is 2.61. The lowest BCUT2D eigenvalue weighted by Gasteiger charge is -2.41. The van der Waals surface area contributed by atoms with Gasteiger partial charge in [-0.3, -0.25) is 4.79 Å². The number of amides is 1. The van der Waals surface area contributed by atoms with Gasteiger partial charge in [-0.05, 0) is 45.2 Å². The second-order valence-corrected chi connectivity index (χ2v) is 5.72. The van der Waals surface area contributed by atoms with Gasteiger partial charge in [0.05, 0.1) is 11.8 Å². The number of ether oxygens (including phenoxy) is 1. The zero-order valence-electron chi connectivity index (χ0n) is 12.3. The molecule has 1 aromatic carbocycles. The van der Waals surface area contributed by atoms with E-state index in [9.17, 15) is 23.1 Å². The molecule has 22 heavy (non-hydrogen) atoms. The summed E-state index contributed by atoms with van der Waals surface area (Å²) in [5.74, 6) is -6.24. The minimum Gasteiger partial charge on any atom is -0.489 e. The van der Waals surface area contributed by atoms with Crippen LogP contribution in [0.1, 0.15) is 33.1 Å². The summed E-state index contributed by atoms with van der Waals surface area (Å²) in [6.45, 7) is 3.42. The van der Waals surface area contributed by atoms with Gasteiger partial charge < -0.3 is 15.2 Å². The number of halogens is 3. The third-order valence-electron chi connectivity index (χ3n) is 3.60. The summed E-state index contributed by atoms with van der Waals surface area (Å²) in [6, 6.07) is 3.25. The zero-order chi connectivity index (χ0) is 16.5. The van der Waals surface area contributed by atoms with Gasteiger partial charge in [0.1, 0.15) is 17.2 Å². The van der Waals surface area contributed by atoms with Gasteiger partial charge in [-0.15, -0.1) is 0 Å².